The predicted octanol–water partition coefficient (Wildman–Crippen LogP) is 4.17. The van der Waals surface area contributed by atoms with E-state index in [1.165, 1.54) is 23.3 Å². The predicted molar refractivity (Wildman–Crippen MR) is 143 cm³/mol. The lowest BCUT2D eigenvalue weighted by Crippen LogP contribution is -2.34. The normalized spacial score (nSPS) is 25.4. The molecule has 1 saturated heterocycles. The van der Waals surface area contributed by atoms with Crippen LogP contribution in [0.4, 0.5) is 5.13 Å². The van der Waals surface area contributed by atoms with E-state index in [0.717, 1.165) is 42.0 Å². The zero-order valence-corrected chi connectivity index (χ0v) is 21.9. The van der Waals surface area contributed by atoms with Crippen molar-refractivity contribution in [3.63, 3.8) is 0 Å². The van der Waals surface area contributed by atoms with Crippen LogP contribution in [0.1, 0.15) is 46.8 Å². The van der Waals surface area contributed by atoms with Gasteiger partial charge in [0.15, 0.2) is 5.13 Å². The van der Waals surface area contributed by atoms with E-state index in [4.69, 9.17) is 9.47 Å². The number of aromatic nitrogens is 1. The molecule has 8 nitrogen and oxygen atoms in total. The van der Waals surface area contributed by atoms with Crippen LogP contribution in [0.5, 0.6) is 0 Å². The van der Waals surface area contributed by atoms with E-state index in [9.17, 15) is 14.9 Å². The van der Waals surface area contributed by atoms with Crippen LogP contribution < -0.4 is 10.6 Å². The Morgan fingerprint density at radius 2 is 2.13 bits per heavy atom. The average molecular weight is 529 g/mol. The molecule has 1 aromatic heterocycles. The molecule has 0 spiro atoms. The standard InChI is InChI=1S/C29H28N4O4S/c1-28(16-30)17-37-13-20-6-5-19(10-23(20)28)26(35)31-12-25(34)33-27-32-24(15-38-27)18-3-2-4-21(9-18)29-7-8-36-14-22(29)11-29/h2-6,9-10,15,22H,7-8,11-14,17H2,1H3,(H,31,35)(H,32,33,34)/t22-,28-,29-/m1/s1. The fourth-order valence-corrected chi connectivity index (χ4v) is 6.39. The molecule has 6 rings (SSSR count). The van der Waals surface area contributed by atoms with Gasteiger partial charge in [0.2, 0.25) is 5.91 Å². The van der Waals surface area contributed by atoms with Crippen molar-refractivity contribution >= 4 is 28.3 Å². The Morgan fingerprint density at radius 3 is 2.97 bits per heavy atom. The molecule has 0 bridgehead atoms. The second-order valence-electron chi connectivity index (χ2n) is 10.5. The molecular formula is C29H28N4O4S. The number of amides is 2. The molecule has 0 unspecified atom stereocenters. The van der Waals surface area contributed by atoms with Gasteiger partial charge >= 0.3 is 0 Å². The van der Waals surface area contributed by atoms with Crippen LogP contribution in [0.3, 0.4) is 0 Å². The van der Waals surface area contributed by atoms with E-state index in [1.54, 1.807) is 25.1 Å². The molecule has 1 saturated carbocycles. The molecule has 2 amide bonds. The number of ether oxygens (including phenoxy) is 2. The first-order chi connectivity index (χ1) is 18.4. The number of carbonyl (C=O) groups is 2. The van der Waals surface area contributed by atoms with Gasteiger partial charge < -0.3 is 20.1 Å². The van der Waals surface area contributed by atoms with Crippen LogP contribution in [-0.2, 0) is 31.7 Å². The summed E-state index contributed by atoms with van der Waals surface area (Å²) in [4.78, 5) is 29.9. The van der Waals surface area contributed by atoms with E-state index in [1.807, 2.05) is 11.4 Å². The highest BCUT2D eigenvalue weighted by molar-refractivity contribution is 7.14. The van der Waals surface area contributed by atoms with Gasteiger partial charge in [0.05, 0.1) is 38.1 Å². The van der Waals surface area contributed by atoms with Crippen molar-refractivity contribution in [2.75, 3.05) is 31.7 Å². The molecule has 3 heterocycles. The van der Waals surface area contributed by atoms with Crippen LogP contribution >= 0.6 is 11.3 Å². The largest absolute Gasteiger partial charge is 0.381 e. The number of carbonyl (C=O) groups excluding carboxylic acids is 2. The van der Waals surface area contributed by atoms with E-state index in [-0.39, 0.29) is 30.4 Å². The van der Waals surface area contributed by atoms with Crippen molar-refractivity contribution in [2.45, 2.75) is 37.2 Å². The van der Waals surface area contributed by atoms with Crippen LogP contribution in [0.15, 0.2) is 47.8 Å². The lowest BCUT2D eigenvalue weighted by atomic mass is 9.79. The van der Waals surface area contributed by atoms with E-state index in [0.29, 0.717) is 23.2 Å². The topological polar surface area (TPSA) is 113 Å². The minimum Gasteiger partial charge on any atom is -0.381 e. The fraction of sp³-hybridized carbons (Fsp3) is 0.379. The van der Waals surface area contributed by atoms with Crippen molar-refractivity contribution in [1.29, 1.82) is 5.26 Å². The van der Waals surface area contributed by atoms with Crippen LogP contribution in [0, 0.1) is 17.2 Å². The molecule has 1 aliphatic carbocycles. The highest BCUT2D eigenvalue weighted by Crippen LogP contribution is 2.59. The third kappa shape index (κ3) is 4.49. The summed E-state index contributed by atoms with van der Waals surface area (Å²) in [6, 6.07) is 16.0. The maximum atomic E-state index is 12.7. The molecule has 38 heavy (non-hydrogen) atoms. The number of nitrogens with one attached hydrogen (secondary N) is 2. The molecule has 3 atom stereocenters. The quantitative estimate of drug-likeness (QED) is 0.497. The summed E-state index contributed by atoms with van der Waals surface area (Å²) in [5, 5.41) is 17.5. The minimum absolute atomic E-state index is 0.190. The number of nitriles is 1. The summed E-state index contributed by atoms with van der Waals surface area (Å²) >= 11 is 1.35. The monoisotopic (exact) mass is 528 g/mol. The Balaban J connectivity index is 1.07. The zero-order valence-electron chi connectivity index (χ0n) is 21.1. The van der Waals surface area contributed by atoms with Crippen molar-refractivity contribution in [1.82, 2.24) is 10.3 Å². The number of hydrogen-bond donors (Lipinski definition) is 2. The molecule has 3 aliphatic rings. The maximum absolute atomic E-state index is 12.7. The van der Waals surface area contributed by atoms with Gasteiger partial charge in [0, 0.05) is 28.5 Å². The van der Waals surface area contributed by atoms with Gasteiger partial charge in [0.25, 0.3) is 5.91 Å². The third-order valence-electron chi connectivity index (χ3n) is 8.00. The van der Waals surface area contributed by atoms with Crippen LogP contribution in [-0.4, -0.2) is 43.2 Å². The van der Waals surface area contributed by atoms with Crippen molar-refractivity contribution in [3.8, 4) is 17.3 Å². The second kappa shape index (κ2) is 9.62. The molecule has 2 fully saturated rings. The highest BCUT2D eigenvalue weighted by atomic mass is 32.1. The molecular weight excluding hydrogens is 500 g/mol. The molecule has 2 aromatic carbocycles. The molecule has 194 valence electrons. The van der Waals surface area contributed by atoms with Crippen LogP contribution in [0.2, 0.25) is 0 Å². The van der Waals surface area contributed by atoms with E-state index >= 15 is 0 Å². The van der Waals surface area contributed by atoms with Gasteiger partial charge in [-0.15, -0.1) is 11.3 Å². The number of nitrogens with zero attached hydrogens (tertiary/aromatic N) is 2. The second-order valence-corrected chi connectivity index (χ2v) is 11.4. The number of benzene rings is 2. The molecule has 3 aromatic rings. The molecule has 0 radical (unpaired) electrons. The first kappa shape index (κ1) is 24.7. The van der Waals surface area contributed by atoms with E-state index < -0.39 is 5.41 Å². The summed E-state index contributed by atoms with van der Waals surface area (Å²) in [6.07, 6.45) is 2.24. The summed E-state index contributed by atoms with van der Waals surface area (Å²) in [5.41, 5.74) is 4.71. The average Bonchev–Trinajstić information content (AvgIpc) is 3.54. The fourth-order valence-electron chi connectivity index (χ4n) is 5.65. The number of anilines is 1. The molecule has 9 heteroatoms. The first-order valence-corrected chi connectivity index (χ1v) is 13.6. The van der Waals surface area contributed by atoms with Gasteiger partial charge in [0.1, 0.15) is 5.41 Å². The first-order valence-electron chi connectivity index (χ1n) is 12.7. The Labute approximate surface area is 225 Å². The Bertz CT molecular complexity index is 1460. The Kier molecular flexibility index (Phi) is 6.26. The summed E-state index contributed by atoms with van der Waals surface area (Å²) < 4.78 is 11.1. The SMILES string of the molecule is C[C@@]1(C#N)COCc2ccc(C(=O)NCC(=O)Nc3nc(-c4cccc([C@]56CCOC[C@H]5C6)c4)cs3)cc21. The number of rotatable bonds is 6. The van der Waals surface area contributed by atoms with Crippen LogP contribution in [0.25, 0.3) is 11.3 Å². The number of fused-ring (bicyclic) bond motifs is 2. The zero-order chi connectivity index (χ0) is 26.3. The summed E-state index contributed by atoms with van der Waals surface area (Å²) in [6.45, 7) is 3.95. The van der Waals surface area contributed by atoms with Crippen molar-refractivity contribution in [2.24, 2.45) is 5.92 Å². The Hall–Kier alpha value is -3.58. The van der Waals surface area contributed by atoms with E-state index in [2.05, 4.69) is 39.9 Å². The lowest BCUT2D eigenvalue weighted by molar-refractivity contribution is -0.115. The van der Waals surface area contributed by atoms with Crippen molar-refractivity contribution < 1.29 is 19.1 Å². The Morgan fingerprint density at radius 1 is 1.24 bits per heavy atom. The van der Waals surface area contributed by atoms with Crippen molar-refractivity contribution in [3.05, 3.63) is 70.1 Å². The molecule has 2 N–H and O–H groups in total. The minimum atomic E-state index is -0.811. The maximum Gasteiger partial charge on any atom is 0.251 e. The summed E-state index contributed by atoms with van der Waals surface area (Å²) in [7, 11) is 0. The summed E-state index contributed by atoms with van der Waals surface area (Å²) in [5.74, 6) is -0.126. The van der Waals surface area contributed by atoms with Gasteiger partial charge in [-0.1, -0.05) is 24.3 Å². The highest BCUT2D eigenvalue weighted by Gasteiger charge is 2.56. The molecule has 2 aliphatic heterocycles. The number of thiazole rings is 1. The van der Waals surface area contributed by atoms with Gasteiger partial charge in [-0.05, 0) is 60.6 Å². The number of hydrogen-bond acceptors (Lipinski definition) is 7. The van der Waals surface area contributed by atoms with Gasteiger partial charge in [-0.3, -0.25) is 9.59 Å². The van der Waals surface area contributed by atoms with Gasteiger partial charge in [-0.25, -0.2) is 4.98 Å². The smallest absolute Gasteiger partial charge is 0.251 e. The lowest BCUT2D eigenvalue weighted by Gasteiger charge is -2.30. The van der Waals surface area contributed by atoms with Gasteiger partial charge in [-0.2, -0.15) is 5.26 Å². The third-order valence-corrected chi connectivity index (χ3v) is 8.76.